The van der Waals surface area contributed by atoms with Crippen molar-refractivity contribution in [3.8, 4) is 0 Å². The summed E-state index contributed by atoms with van der Waals surface area (Å²) >= 11 is 0. The molecule has 14 heavy (non-hydrogen) atoms. The van der Waals surface area contributed by atoms with Crippen LogP contribution in [-0.2, 0) is 0 Å². The summed E-state index contributed by atoms with van der Waals surface area (Å²) in [5.74, 6) is 1.49. The second-order valence-electron chi connectivity index (χ2n) is 4.96. The lowest BCUT2D eigenvalue weighted by Gasteiger charge is -2.19. The molecular formula is C12H28N2. The lowest BCUT2D eigenvalue weighted by Crippen LogP contribution is -2.40. The van der Waals surface area contributed by atoms with Crippen LogP contribution in [0, 0.1) is 11.8 Å². The molecule has 1 unspecified atom stereocenters. The van der Waals surface area contributed by atoms with Gasteiger partial charge >= 0.3 is 0 Å². The Labute approximate surface area is 89.9 Å². The summed E-state index contributed by atoms with van der Waals surface area (Å²) in [5, 5.41) is 7.08. The standard InChI is InChI=1S/C12H28N2/c1-6-12(14-8-11(4)5)9-13-7-10(2)3/h10-14H,6-9H2,1-5H3. The Bertz CT molecular complexity index is 121. The Hall–Kier alpha value is -0.0800. The van der Waals surface area contributed by atoms with Crippen LogP contribution in [0.3, 0.4) is 0 Å². The van der Waals surface area contributed by atoms with Crippen molar-refractivity contribution in [3.63, 3.8) is 0 Å². The fourth-order valence-corrected chi connectivity index (χ4v) is 1.31. The molecule has 0 saturated carbocycles. The first-order chi connectivity index (χ1) is 6.56. The highest BCUT2D eigenvalue weighted by molar-refractivity contribution is 4.69. The van der Waals surface area contributed by atoms with E-state index in [1.807, 2.05) is 0 Å². The van der Waals surface area contributed by atoms with Crippen LogP contribution in [0.5, 0.6) is 0 Å². The molecule has 0 aromatic rings. The van der Waals surface area contributed by atoms with Crippen LogP contribution >= 0.6 is 0 Å². The highest BCUT2D eigenvalue weighted by atomic mass is 15.0. The van der Waals surface area contributed by atoms with Gasteiger partial charge in [0.25, 0.3) is 0 Å². The van der Waals surface area contributed by atoms with Gasteiger partial charge in [-0.2, -0.15) is 0 Å². The van der Waals surface area contributed by atoms with Gasteiger partial charge in [0.2, 0.25) is 0 Å². The molecule has 1 atom stereocenters. The average molecular weight is 200 g/mol. The summed E-state index contributed by atoms with van der Waals surface area (Å²) in [6.45, 7) is 14.6. The summed E-state index contributed by atoms with van der Waals surface area (Å²) in [7, 11) is 0. The molecular weight excluding hydrogens is 172 g/mol. The molecule has 2 heteroatoms. The molecule has 0 aromatic heterocycles. The maximum atomic E-state index is 3.58. The molecule has 0 aliphatic heterocycles. The van der Waals surface area contributed by atoms with Gasteiger partial charge in [-0.3, -0.25) is 0 Å². The third-order valence-electron chi connectivity index (χ3n) is 2.25. The molecule has 2 N–H and O–H groups in total. The Kier molecular flexibility index (Phi) is 8.20. The van der Waals surface area contributed by atoms with Crippen LogP contribution in [0.4, 0.5) is 0 Å². The lowest BCUT2D eigenvalue weighted by atomic mass is 10.1. The third-order valence-corrected chi connectivity index (χ3v) is 2.25. The minimum Gasteiger partial charge on any atom is -0.315 e. The summed E-state index contributed by atoms with van der Waals surface area (Å²) in [6, 6.07) is 0.635. The van der Waals surface area contributed by atoms with Crippen molar-refractivity contribution in [3.05, 3.63) is 0 Å². The van der Waals surface area contributed by atoms with Gasteiger partial charge in [0, 0.05) is 12.6 Å². The molecule has 0 spiro atoms. The van der Waals surface area contributed by atoms with Crippen molar-refractivity contribution in [1.29, 1.82) is 0 Å². The SMILES string of the molecule is CCC(CNCC(C)C)NCC(C)C. The van der Waals surface area contributed by atoms with Gasteiger partial charge in [-0.15, -0.1) is 0 Å². The molecule has 0 saturated heterocycles. The van der Waals surface area contributed by atoms with Crippen LogP contribution in [0.15, 0.2) is 0 Å². The molecule has 0 aliphatic rings. The van der Waals surface area contributed by atoms with Gasteiger partial charge in [0.1, 0.15) is 0 Å². The van der Waals surface area contributed by atoms with E-state index in [0.717, 1.165) is 31.5 Å². The van der Waals surface area contributed by atoms with Gasteiger partial charge in [0.15, 0.2) is 0 Å². The number of nitrogens with one attached hydrogen (secondary N) is 2. The highest BCUT2D eigenvalue weighted by Crippen LogP contribution is 1.94. The van der Waals surface area contributed by atoms with Crippen LogP contribution in [-0.4, -0.2) is 25.7 Å². The first-order valence-corrected chi connectivity index (χ1v) is 6.00. The zero-order valence-electron chi connectivity index (χ0n) is 10.6. The smallest absolute Gasteiger partial charge is 0.0189 e. The fourth-order valence-electron chi connectivity index (χ4n) is 1.31. The van der Waals surface area contributed by atoms with E-state index in [9.17, 15) is 0 Å². The molecule has 0 rings (SSSR count). The molecule has 0 heterocycles. The topological polar surface area (TPSA) is 24.1 Å². The van der Waals surface area contributed by atoms with Crippen molar-refractivity contribution in [2.45, 2.75) is 47.1 Å². The van der Waals surface area contributed by atoms with Crippen LogP contribution in [0.2, 0.25) is 0 Å². The second kappa shape index (κ2) is 8.25. The van der Waals surface area contributed by atoms with E-state index in [-0.39, 0.29) is 0 Å². The molecule has 0 fully saturated rings. The number of rotatable bonds is 8. The largest absolute Gasteiger partial charge is 0.315 e. The van der Waals surface area contributed by atoms with Crippen molar-refractivity contribution in [1.82, 2.24) is 10.6 Å². The number of hydrogen-bond donors (Lipinski definition) is 2. The van der Waals surface area contributed by atoms with Crippen molar-refractivity contribution in [2.75, 3.05) is 19.6 Å². The van der Waals surface area contributed by atoms with Gasteiger partial charge in [-0.05, 0) is 31.3 Å². The van der Waals surface area contributed by atoms with Crippen molar-refractivity contribution >= 4 is 0 Å². The van der Waals surface area contributed by atoms with Crippen molar-refractivity contribution in [2.24, 2.45) is 11.8 Å². The first-order valence-electron chi connectivity index (χ1n) is 6.00. The quantitative estimate of drug-likeness (QED) is 0.628. The minimum atomic E-state index is 0.635. The average Bonchev–Trinajstić information content (AvgIpc) is 2.10. The number of hydrogen-bond acceptors (Lipinski definition) is 2. The summed E-state index contributed by atoms with van der Waals surface area (Å²) < 4.78 is 0. The zero-order chi connectivity index (χ0) is 11.0. The van der Waals surface area contributed by atoms with E-state index in [4.69, 9.17) is 0 Å². The minimum absolute atomic E-state index is 0.635. The molecule has 0 aromatic carbocycles. The molecule has 0 radical (unpaired) electrons. The van der Waals surface area contributed by atoms with E-state index >= 15 is 0 Å². The van der Waals surface area contributed by atoms with Crippen LogP contribution < -0.4 is 10.6 Å². The van der Waals surface area contributed by atoms with Gasteiger partial charge in [-0.25, -0.2) is 0 Å². The van der Waals surface area contributed by atoms with E-state index < -0.39 is 0 Å². The monoisotopic (exact) mass is 200 g/mol. The molecule has 86 valence electrons. The van der Waals surface area contributed by atoms with Crippen LogP contribution in [0.1, 0.15) is 41.0 Å². The van der Waals surface area contributed by atoms with Crippen LogP contribution in [0.25, 0.3) is 0 Å². The lowest BCUT2D eigenvalue weighted by molar-refractivity contribution is 0.418. The Morgan fingerprint density at radius 3 is 1.86 bits per heavy atom. The second-order valence-corrected chi connectivity index (χ2v) is 4.96. The Morgan fingerprint density at radius 2 is 1.43 bits per heavy atom. The third kappa shape index (κ3) is 8.52. The van der Waals surface area contributed by atoms with Gasteiger partial charge < -0.3 is 10.6 Å². The first kappa shape index (κ1) is 13.9. The Morgan fingerprint density at radius 1 is 0.857 bits per heavy atom. The van der Waals surface area contributed by atoms with Crippen molar-refractivity contribution < 1.29 is 0 Å². The van der Waals surface area contributed by atoms with Gasteiger partial charge in [-0.1, -0.05) is 34.6 Å². The van der Waals surface area contributed by atoms with E-state index in [1.54, 1.807) is 0 Å². The molecule has 0 bridgehead atoms. The molecule has 0 amide bonds. The van der Waals surface area contributed by atoms with Gasteiger partial charge in [0.05, 0.1) is 0 Å². The Balaban J connectivity index is 3.48. The predicted octanol–water partition coefficient (Wildman–Crippen LogP) is 2.26. The predicted molar refractivity (Wildman–Crippen MR) is 64.6 cm³/mol. The fraction of sp³-hybridized carbons (Fsp3) is 1.00. The zero-order valence-corrected chi connectivity index (χ0v) is 10.6. The van der Waals surface area contributed by atoms with E-state index in [1.165, 1.54) is 6.42 Å². The van der Waals surface area contributed by atoms with E-state index in [2.05, 4.69) is 45.3 Å². The summed E-state index contributed by atoms with van der Waals surface area (Å²) in [5.41, 5.74) is 0. The maximum Gasteiger partial charge on any atom is 0.0189 e. The molecule has 2 nitrogen and oxygen atoms in total. The molecule has 0 aliphatic carbocycles. The maximum absolute atomic E-state index is 3.58. The highest BCUT2D eigenvalue weighted by Gasteiger charge is 2.05. The normalized spacial score (nSPS) is 13.9. The summed E-state index contributed by atoms with van der Waals surface area (Å²) in [4.78, 5) is 0. The summed E-state index contributed by atoms with van der Waals surface area (Å²) in [6.07, 6.45) is 1.21. The van der Waals surface area contributed by atoms with E-state index in [0.29, 0.717) is 6.04 Å².